The number of aliphatic imine (C=N–C) groups is 1. The highest BCUT2D eigenvalue weighted by Gasteiger charge is 2.09. The highest BCUT2D eigenvalue weighted by Crippen LogP contribution is 2.03. The summed E-state index contributed by atoms with van der Waals surface area (Å²) in [6.45, 7) is 1.46. The molecule has 0 bridgehead atoms. The molecule has 102 valence electrons. The highest BCUT2D eigenvalue weighted by molar-refractivity contribution is 5.85. The lowest BCUT2D eigenvalue weighted by Crippen LogP contribution is -2.29. The number of carbonyl (C=O) groups is 1. The molecule has 0 saturated heterocycles. The van der Waals surface area contributed by atoms with Crippen LogP contribution in [0.2, 0.25) is 0 Å². The summed E-state index contributed by atoms with van der Waals surface area (Å²) in [7, 11) is 0. The molecule has 0 saturated carbocycles. The van der Waals surface area contributed by atoms with Crippen LogP contribution in [0, 0.1) is 0 Å². The van der Waals surface area contributed by atoms with Crippen molar-refractivity contribution in [1.82, 2.24) is 0 Å². The summed E-state index contributed by atoms with van der Waals surface area (Å²) in [4.78, 5) is 14.0. The topological polar surface area (TPSA) is 102 Å². The molecular weight excluding hydrogens is 272 g/mol. The van der Waals surface area contributed by atoms with Gasteiger partial charge in [0.05, 0.1) is 12.4 Å². The maximum absolute atomic E-state index is 12.9. The standard InChI is InChI=1S/C9H16FN3O2.2ClH/c1-6(11)13-5-7(10)3-2-4-8(12)9(14)15;;/h3,8H,2,4-5,12H2,1H3,(H2,11,13)(H,14,15);2*1H/b7-3+;;/t8-;;/m0../s1. The maximum Gasteiger partial charge on any atom is 0.320 e. The molecule has 0 aliphatic heterocycles. The van der Waals surface area contributed by atoms with Crippen molar-refractivity contribution in [3.8, 4) is 0 Å². The van der Waals surface area contributed by atoms with Crippen molar-refractivity contribution in [3.05, 3.63) is 11.9 Å². The van der Waals surface area contributed by atoms with Gasteiger partial charge in [-0.2, -0.15) is 0 Å². The Balaban J connectivity index is -0.000000980. The number of halogens is 3. The number of amidine groups is 1. The van der Waals surface area contributed by atoms with Gasteiger partial charge in [0.15, 0.2) is 0 Å². The largest absolute Gasteiger partial charge is 0.480 e. The fourth-order valence-electron chi connectivity index (χ4n) is 0.808. The lowest BCUT2D eigenvalue weighted by molar-refractivity contribution is -0.138. The molecule has 0 fully saturated rings. The normalized spacial score (nSPS) is 13.4. The second-order valence-electron chi connectivity index (χ2n) is 3.13. The molecule has 0 aliphatic carbocycles. The second kappa shape index (κ2) is 11.6. The average Bonchev–Trinajstić information content (AvgIpc) is 2.14. The molecule has 0 amide bonds. The first-order valence-corrected chi connectivity index (χ1v) is 4.53. The van der Waals surface area contributed by atoms with Crippen LogP contribution in [0.3, 0.4) is 0 Å². The van der Waals surface area contributed by atoms with Gasteiger partial charge in [0.25, 0.3) is 0 Å². The first kappa shape index (κ1) is 21.4. The number of hydrogen-bond donors (Lipinski definition) is 3. The Kier molecular flexibility index (Phi) is 14.7. The fourth-order valence-corrected chi connectivity index (χ4v) is 0.808. The van der Waals surface area contributed by atoms with Crippen LogP contribution in [0.5, 0.6) is 0 Å². The summed E-state index contributed by atoms with van der Waals surface area (Å²) in [5.41, 5.74) is 10.4. The van der Waals surface area contributed by atoms with Crippen molar-refractivity contribution >= 4 is 36.6 Å². The summed E-state index contributed by atoms with van der Waals surface area (Å²) in [6, 6.07) is -0.950. The van der Waals surface area contributed by atoms with Crippen molar-refractivity contribution < 1.29 is 14.3 Å². The van der Waals surface area contributed by atoms with Crippen LogP contribution in [0.1, 0.15) is 19.8 Å². The van der Waals surface area contributed by atoms with E-state index in [2.05, 4.69) is 4.99 Å². The predicted molar refractivity (Wildman–Crippen MR) is 70.7 cm³/mol. The zero-order chi connectivity index (χ0) is 11.8. The smallest absolute Gasteiger partial charge is 0.320 e. The summed E-state index contributed by atoms with van der Waals surface area (Å²) in [5.74, 6) is -1.21. The first-order chi connectivity index (χ1) is 6.93. The van der Waals surface area contributed by atoms with Crippen LogP contribution in [-0.2, 0) is 4.79 Å². The van der Waals surface area contributed by atoms with Crippen molar-refractivity contribution in [2.75, 3.05) is 6.54 Å². The molecule has 0 aromatic carbocycles. The predicted octanol–water partition coefficient (Wildman–Crippen LogP) is 1.25. The van der Waals surface area contributed by atoms with E-state index in [9.17, 15) is 9.18 Å². The van der Waals surface area contributed by atoms with E-state index in [4.69, 9.17) is 16.6 Å². The molecule has 0 aromatic heterocycles. The van der Waals surface area contributed by atoms with Gasteiger partial charge in [0.2, 0.25) is 0 Å². The van der Waals surface area contributed by atoms with E-state index in [-0.39, 0.29) is 44.2 Å². The molecule has 0 spiro atoms. The highest BCUT2D eigenvalue weighted by atomic mass is 35.5. The van der Waals surface area contributed by atoms with Crippen LogP contribution >= 0.6 is 24.8 Å². The Morgan fingerprint density at radius 2 is 2.06 bits per heavy atom. The number of allylic oxidation sites excluding steroid dienone is 1. The van der Waals surface area contributed by atoms with Crippen LogP contribution in [0.4, 0.5) is 4.39 Å². The molecule has 5 N–H and O–H groups in total. The lowest BCUT2D eigenvalue weighted by atomic mass is 10.1. The van der Waals surface area contributed by atoms with E-state index < -0.39 is 17.8 Å². The minimum absolute atomic E-state index is 0. The Bertz CT molecular complexity index is 281. The zero-order valence-corrected chi connectivity index (χ0v) is 11.1. The van der Waals surface area contributed by atoms with Crippen molar-refractivity contribution in [1.29, 1.82) is 0 Å². The summed E-state index contributed by atoms with van der Waals surface area (Å²) < 4.78 is 12.9. The minimum Gasteiger partial charge on any atom is -0.480 e. The molecule has 0 aliphatic rings. The SMILES string of the molecule is CC(N)=NC/C(F)=C\CC[C@H](N)C(=O)O.Cl.Cl. The number of aliphatic carboxylic acids is 1. The molecule has 0 radical (unpaired) electrons. The fraction of sp³-hybridized carbons (Fsp3) is 0.556. The summed E-state index contributed by atoms with van der Waals surface area (Å²) in [6.07, 6.45) is 1.75. The quantitative estimate of drug-likeness (QED) is 0.506. The van der Waals surface area contributed by atoms with E-state index in [1.54, 1.807) is 6.92 Å². The van der Waals surface area contributed by atoms with Crippen molar-refractivity contribution in [3.63, 3.8) is 0 Å². The monoisotopic (exact) mass is 289 g/mol. The van der Waals surface area contributed by atoms with E-state index in [1.807, 2.05) is 0 Å². The Morgan fingerprint density at radius 1 is 1.53 bits per heavy atom. The average molecular weight is 290 g/mol. The van der Waals surface area contributed by atoms with Crippen LogP contribution < -0.4 is 11.5 Å². The number of rotatable bonds is 6. The van der Waals surface area contributed by atoms with E-state index >= 15 is 0 Å². The third kappa shape index (κ3) is 13.1. The van der Waals surface area contributed by atoms with Crippen LogP contribution in [0.15, 0.2) is 16.9 Å². The number of carboxylic acids is 1. The van der Waals surface area contributed by atoms with Gasteiger partial charge >= 0.3 is 5.97 Å². The van der Waals surface area contributed by atoms with Crippen LogP contribution in [0.25, 0.3) is 0 Å². The zero-order valence-electron chi connectivity index (χ0n) is 9.43. The van der Waals surface area contributed by atoms with Gasteiger partial charge in [-0.1, -0.05) is 6.08 Å². The molecule has 0 rings (SSSR count). The van der Waals surface area contributed by atoms with Gasteiger partial charge in [-0.3, -0.25) is 9.79 Å². The van der Waals surface area contributed by atoms with E-state index in [1.165, 1.54) is 6.08 Å². The minimum atomic E-state index is -1.08. The van der Waals surface area contributed by atoms with Gasteiger partial charge in [0.1, 0.15) is 11.9 Å². The lowest BCUT2D eigenvalue weighted by Gasteiger charge is -2.02. The molecule has 17 heavy (non-hydrogen) atoms. The molecule has 1 atom stereocenters. The molecule has 0 heterocycles. The Labute approximate surface area is 112 Å². The van der Waals surface area contributed by atoms with Crippen molar-refractivity contribution in [2.24, 2.45) is 16.5 Å². The molecule has 0 aromatic rings. The van der Waals surface area contributed by atoms with Crippen molar-refractivity contribution in [2.45, 2.75) is 25.8 Å². The second-order valence-corrected chi connectivity index (χ2v) is 3.13. The van der Waals surface area contributed by atoms with Crippen LogP contribution in [-0.4, -0.2) is 29.5 Å². The third-order valence-corrected chi connectivity index (χ3v) is 1.64. The van der Waals surface area contributed by atoms with E-state index in [0.717, 1.165) is 0 Å². The van der Waals surface area contributed by atoms with Gasteiger partial charge in [-0.05, 0) is 19.8 Å². The summed E-state index contributed by atoms with van der Waals surface area (Å²) in [5, 5.41) is 8.45. The Hall–Kier alpha value is -0.850. The van der Waals surface area contributed by atoms with Gasteiger partial charge in [0, 0.05) is 0 Å². The number of nitrogens with zero attached hydrogens (tertiary/aromatic N) is 1. The first-order valence-electron chi connectivity index (χ1n) is 4.53. The third-order valence-electron chi connectivity index (χ3n) is 1.64. The number of hydrogen-bond acceptors (Lipinski definition) is 3. The number of nitrogens with two attached hydrogens (primary N) is 2. The molecule has 5 nitrogen and oxygen atoms in total. The summed E-state index contributed by atoms with van der Waals surface area (Å²) >= 11 is 0. The molecule has 0 unspecified atom stereocenters. The maximum atomic E-state index is 12.9. The molecule has 8 heteroatoms. The Morgan fingerprint density at radius 3 is 2.47 bits per heavy atom. The number of carboxylic acid groups (broad SMARTS) is 1. The molecular formula is C9H18Cl2FN3O2. The van der Waals surface area contributed by atoms with E-state index in [0.29, 0.717) is 5.84 Å². The van der Waals surface area contributed by atoms with Gasteiger partial charge in [-0.15, -0.1) is 24.8 Å². The van der Waals surface area contributed by atoms with Gasteiger partial charge < -0.3 is 16.6 Å². The van der Waals surface area contributed by atoms with Gasteiger partial charge in [-0.25, -0.2) is 4.39 Å².